The Labute approximate surface area is 94.9 Å². The van der Waals surface area contributed by atoms with Crippen LogP contribution in [0.25, 0.3) is 10.8 Å². The number of benzene rings is 2. The van der Waals surface area contributed by atoms with Crippen molar-refractivity contribution in [3.63, 3.8) is 0 Å². The molecule has 0 bridgehead atoms. The fourth-order valence-corrected chi connectivity index (χ4v) is 2.44. The van der Waals surface area contributed by atoms with Gasteiger partial charge in [-0.3, -0.25) is 0 Å². The number of fused-ring (bicyclic) bond motifs is 1. The number of nitrogens with one attached hydrogen (secondary N) is 1. The largest absolute Gasteiger partial charge is 0.508 e. The van der Waals surface area contributed by atoms with E-state index in [4.69, 9.17) is 0 Å². The lowest BCUT2D eigenvalue weighted by atomic mass is 9.96. The van der Waals surface area contributed by atoms with Crippen molar-refractivity contribution in [3.05, 3.63) is 42.0 Å². The molecule has 1 aliphatic heterocycles. The van der Waals surface area contributed by atoms with Gasteiger partial charge in [0.2, 0.25) is 0 Å². The van der Waals surface area contributed by atoms with Gasteiger partial charge in [-0.2, -0.15) is 0 Å². The van der Waals surface area contributed by atoms with E-state index in [-0.39, 0.29) is 0 Å². The molecular formula is C14H15NO. The van der Waals surface area contributed by atoms with E-state index in [1.54, 1.807) is 6.07 Å². The summed E-state index contributed by atoms with van der Waals surface area (Å²) in [5.74, 6) is 0.987. The monoisotopic (exact) mass is 213 g/mol. The average molecular weight is 213 g/mol. The Hall–Kier alpha value is -1.54. The molecule has 16 heavy (non-hydrogen) atoms. The van der Waals surface area contributed by atoms with Gasteiger partial charge in [0.05, 0.1) is 0 Å². The van der Waals surface area contributed by atoms with Crippen LogP contribution in [0.5, 0.6) is 5.75 Å². The van der Waals surface area contributed by atoms with Gasteiger partial charge in [0.1, 0.15) is 5.75 Å². The molecular weight excluding hydrogens is 198 g/mol. The van der Waals surface area contributed by atoms with Gasteiger partial charge in [0, 0.05) is 6.54 Å². The van der Waals surface area contributed by atoms with Gasteiger partial charge in [-0.25, -0.2) is 0 Å². The van der Waals surface area contributed by atoms with E-state index >= 15 is 0 Å². The van der Waals surface area contributed by atoms with E-state index in [9.17, 15) is 5.11 Å². The van der Waals surface area contributed by atoms with E-state index in [0.717, 1.165) is 18.5 Å². The van der Waals surface area contributed by atoms with Gasteiger partial charge in [-0.05, 0) is 47.4 Å². The van der Waals surface area contributed by atoms with Crippen molar-refractivity contribution >= 4 is 10.8 Å². The second-order valence-electron chi connectivity index (χ2n) is 4.48. The van der Waals surface area contributed by atoms with E-state index in [1.807, 2.05) is 12.1 Å². The zero-order valence-corrected chi connectivity index (χ0v) is 9.11. The summed E-state index contributed by atoms with van der Waals surface area (Å²) in [5.41, 5.74) is 1.41. The van der Waals surface area contributed by atoms with Crippen LogP contribution in [0.3, 0.4) is 0 Å². The number of aromatic hydroxyl groups is 1. The predicted molar refractivity (Wildman–Crippen MR) is 65.8 cm³/mol. The first-order valence-electron chi connectivity index (χ1n) is 5.76. The van der Waals surface area contributed by atoms with Gasteiger partial charge >= 0.3 is 0 Å². The molecule has 2 aromatic rings. The number of hydrogen-bond donors (Lipinski definition) is 2. The molecule has 2 heteroatoms. The summed E-state index contributed by atoms with van der Waals surface area (Å²) >= 11 is 0. The average Bonchev–Trinajstić information content (AvgIpc) is 2.82. The first-order chi connectivity index (χ1) is 7.83. The van der Waals surface area contributed by atoms with Crippen molar-refractivity contribution in [3.8, 4) is 5.75 Å². The van der Waals surface area contributed by atoms with Crippen molar-refractivity contribution in [2.45, 2.75) is 12.3 Å². The Morgan fingerprint density at radius 2 is 1.88 bits per heavy atom. The second kappa shape index (κ2) is 3.80. The van der Waals surface area contributed by atoms with Crippen molar-refractivity contribution < 1.29 is 5.11 Å². The molecule has 0 amide bonds. The van der Waals surface area contributed by atoms with E-state index < -0.39 is 0 Å². The molecule has 1 aliphatic rings. The highest BCUT2D eigenvalue weighted by Gasteiger charge is 2.16. The molecule has 1 atom stereocenters. The Bertz CT molecular complexity index is 515. The lowest BCUT2D eigenvalue weighted by molar-refractivity contribution is 0.476. The molecule has 3 rings (SSSR count). The van der Waals surface area contributed by atoms with Gasteiger partial charge in [-0.15, -0.1) is 0 Å². The Morgan fingerprint density at radius 3 is 2.69 bits per heavy atom. The highest BCUT2D eigenvalue weighted by molar-refractivity contribution is 5.84. The molecule has 82 valence electrons. The predicted octanol–water partition coefficient (Wildman–Crippen LogP) is 2.62. The van der Waals surface area contributed by atoms with Crippen molar-refractivity contribution in [2.75, 3.05) is 13.1 Å². The van der Waals surface area contributed by atoms with Crippen molar-refractivity contribution in [1.82, 2.24) is 5.32 Å². The van der Waals surface area contributed by atoms with E-state index in [1.165, 1.54) is 17.4 Å². The summed E-state index contributed by atoms with van der Waals surface area (Å²) in [6.45, 7) is 2.21. The molecule has 1 saturated heterocycles. The molecule has 1 heterocycles. The highest BCUT2D eigenvalue weighted by atomic mass is 16.3. The van der Waals surface area contributed by atoms with Gasteiger partial charge < -0.3 is 10.4 Å². The van der Waals surface area contributed by atoms with Crippen molar-refractivity contribution in [2.24, 2.45) is 0 Å². The van der Waals surface area contributed by atoms with Gasteiger partial charge in [0.15, 0.2) is 0 Å². The number of phenolic OH excluding ortho intramolecular Hbond substituents is 1. The summed E-state index contributed by atoms with van der Waals surface area (Å²) in [6.07, 6.45) is 1.23. The normalized spacial score (nSPS) is 20.4. The topological polar surface area (TPSA) is 32.3 Å². The minimum Gasteiger partial charge on any atom is -0.508 e. The van der Waals surface area contributed by atoms with Crippen LogP contribution in [0.15, 0.2) is 36.4 Å². The molecule has 0 radical (unpaired) electrons. The summed E-state index contributed by atoms with van der Waals surface area (Å²) in [4.78, 5) is 0. The van der Waals surface area contributed by atoms with Crippen LogP contribution in [-0.4, -0.2) is 18.2 Å². The van der Waals surface area contributed by atoms with Crippen LogP contribution < -0.4 is 5.32 Å². The van der Waals surface area contributed by atoms with E-state index in [2.05, 4.69) is 23.5 Å². The van der Waals surface area contributed by atoms with Crippen LogP contribution in [-0.2, 0) is 0 Å². The third kappa shape index (κ3) is 1.65. The summed E-state index contributed by atoms with van der Waals surface area (Å²) in [5, 5.41) is 15.1. The van der Waals surface area contributed by atoms with Gasteiger partial charge in [-0.1, -0.05) is 24.3 Å². The number of hydrogen-bond acceptors (Lipinski definition) is 2. The first-order valence-corrected chi connectivity index (χ1v) is 5.76. The fourth-order valence-electron chi connectivity index (χ4n) is 2.44. The molecule has 2 N–H and O–H groups in total. The summed E-state index contributed by atoms with van der Waals surface area (Å²) in [6, 6.07) is 12.1. The Balaban J connectivity index is 2.05. The van der Waals surface area contributed by atoms with Crippen LogP contribution >= 0.6 is 0 Å². The van der Waals surface area contributed by atoms with Crippen LogP contribution in [0, 0.1) is 0 Å². The molecule has 0 saturated carbocycles. The third-order valence-electron chi connectivity index (χ3n) is 3.38. The third-order valence-corrected chi connectivity index (χ3v) is 3.38. The molecule has 0 spiro atoms. The Kier molecular flexibility index (Phi) is 2.29. The van der Waals surface area contributed by atoms with E-state index in [0.29, 0.717) is 11.7 Å². The zero-order valence-electron chi connectivity index (χ0n) is 9.11. The quantitative estimate of drug-likeness (QED) is 0.763. The summed E-state index contributed by atoms with van der Waals surface area (Å²) < 4.78 is 0. The SMILES string of the molecule is Oc1ccc2cc(C3CCNC3)ccc2c1. The minimum atomic E-state index is 0.336. The van der Waals surface area contributed by atoms with Crippen LogP contribution in [0.4, 0.5) is 0 Å². The molecule has 0 aromatic heterocycles. The molecule has 1 fully saturated rings. The molecule has 2 aromatic carbocycles. The number of rotatable bonds is 1. The summed E-state index contributed by atoms with van der Waals surface area (Å²) in [7, 11) is 0. The zero-order chi connectivity index (χ0) is 11.0. The smallest absolute Gasteiger partial charge is 0.116 e. The standard InChI is InChI=1S/C14H15NO/c16-14-4-3-10-7-11(1-2-12(10)8-14)13-5-6-15-9-13/h1-4,7-8,13,15-16H,5-6,9H2. The lowest BCUT2D eigenvalue weighted by Gasteiger charge is -2.09. The molecule has 1 unspecified atom stereocenters. The maximum absolute atomic E-state index is 9.40. The Morgan fingerprint density at radius 1 is 1.06 bits per heavy atom. The van der Waals surface area contributed by atoms with Gasteiger partial charge in [0.25, 0.3) is 0 Å². The number of phenols is 1. The maximum atomic E-state index is 9.40. The first kappa shape index (κ1) is 9.67. The second-order valence-corrected chi connectivity index (χ2v) is 4.48. The molecule has 2 nitrogen and oxygen atoms in total. The minimum absolute atomic E-state index is 0.336. The van der Waals surface area contributed by atoms with Crippen molar-refractivity contribution in [1.29, 1.82) is 0 Å². The molecule has 0 aliphatic carbocycles. The maximum Gasteiger partial charge on any atom is 0.116 e. The lowest BCUT2D eigenvalue weighted by Crippen LogP contribution is -2.07. The fraction of sp³-hybridized carbons (Fsp3) is 0.286. The highest BCUT2D eigenvalue weighted by Crippen LogP contribution is 2.27. The van der Waals surface area contributed by atoms with Crippen LogP contribution in [0.2, 0.25) is 0 Å². The van der Waals surface area contributed by atoms with Crippen LogP contribution in [0.1, 0.15) is 17.9 Å².